The molecule has 1 aromatic rings. The van der Waals surface area contributed by atoms with Gasteiger partial charge < -0.3 is 5.73 Å². The second kappa shape index (κ2) is 5.25. The summed E-state index contributed by atoms with van der Waals surface area (Å²) in [7, 11) is -3.70. The number of benzene rings is 1. The molecule has 6 heteroatoms. The topological polar surface area (TPSA) is 72.2 Å². The van der Waals surface area contributed by atoms with Crippen LogP contribution in [0, 0.1) is 30.5 Å². The Morgan fingerprint density at radius 3 is 2.67 bits per heavy atom. The van der Waals surface area contributed by atoms with Gasteiger partial charge in [-0.05, 0) is 56.1 Å². The molecule has 0 spiro atoms. The van der Waals surface area contributed by atoms with Crippen LogP contribution >= 0.6 is 0 Å². The number of anilines is 1. The number of hydrogen-bond acceptors (Lipinski definition) is 3. The number of nitrogen functional groups attached to an aromatic ring is 1. The highest BCUT2D eigenvalue weighted by atomic mass is 32.2. The van der Waals surface area contributed by atoms with Gasteiger partial charge >= 0.3 is 0 Å². The molecule has 2 fully saturated rings. The molecular formula is C15H21FN2O2S. The van der Waals surface area contributed by atoms with Crippen LogP contribution in [0.15, 0.2) is 17.0 Å². The van der Waals surface area contributed by atoms with E-state index in [0.717, 1.165) is 18.4 Å². The van der Waals surface area contributed by atoms with Crippen LogP contribution in [0.1, 0.15) is 31.2 Å². The Hall–Kier alpha value is -1.14. The third kappa shape index (κ3) is 2.79. The number of nitrogens with one attached hydrogen (secondary N) is 1. The fourth-order valence-corrected chi connectivity index (χ4v) is 4.90. The molecule has 2 bridgehead atoms. The quantitative estimate of drug-likeness (QED) is 0.839. The van der Waals surface area contributed by atoms with Crippen molar-refractivity contribution in [3.05, 3.63) is 23.5 Å². The van der Waals surface area contributed by atoms with E-state index in [-0.39, 0.29) is 16.1 Å². The SMILES string of the molecule is Cc1c(N)cc(S(=O)(=O)NCC2CC3CCC2C3)cc1F. The smallest absolute Gasteiger partial charge is 0.240 e. The largest absolute Gasteiger partial charge is 0.398 e. The van der Waals surface area contributed by atoms with E-state index in [1.807, 2.05) is 0 Å². The minimum absolute atomic E-state index is 0.0914. The van der Waals surface area contributed by atoms with Crippen molar-refractivity contribution in [2.75, 3.05) is 12.3 Å². The maximum Gasteiger partial charge on any atom is 0.240 e. The first-order valence-corrected chi connectivity index (χ1v) is 8.90. The summed E-state index contributed by atoms with van der Waals surface area (Å²) < 4.78 is 40.8. The molecule has 3 N–H and O–H groups in total. The Balaban J connectivity index is 1.72. The van der Waals surface area contributed by atoms with Gasteiger partial charge in [0.25, 0.3) is 0 Å². The van der Waals surface area contributed by atoms with Crippen LogP contribution in [0.25, 0.3) is 0 Å². The summed E-state index contributed by atoms with van der Waals surface area (Å²) in [4.78, 5) is -0.0914. The fourth-order valence-electron chi connectivity index (χ4n) is 3.76. The first-order valence-electron chi connectivity index (χ1n) is 7.42. The Morgan fingerprint density at radius 2 is 2.10 bits per heavy atom. The molecule has 3 unspecified atom stereocenters. The predicted molar refractivity (Wildman–Crippen MR) is 79.7 cm³/mol. The Morgan fingerprint density at radius 1 is 1.33 bits per heavy atom. The van der Waals surface area contributed by atoms with Crippen LogP contribution in [0.5, 0.6) is 0 Å². The second-order valence-electron chi connectivity index (χ2n) is 6.41. The zero-order valence-electron chi connectivity index (χ0n) is 12.1. The third-order valence-electron chi connectivity index (χ3n) is 5.09. The van der Waals surface area contributed by atoms with Crippen LogP contribution in [0.4, 0.5) is 10.1 Å². The highest BCUT2D eigenvalue weighted by molar-refractivity contribution is 7.89. The number of rotatable bonds is 4. The van der Waals surface area contributed by atoms with Gasteiger partial charge in [0, 0.05) is 17.8 Å². The average molecular weight is 312 g/mol. The van der Waals surface area contributed by atoms with Crippen molar-refractivity contribution in [3.63, 3.8) is 0 Å². The Kier molecular flexibility index (Phi) is 3.69. The zero-order valence-corrected chi connectivity index (χ0v) is 12.9. The van der Waals surface area contributed by atoms with Crippen LogP contribution in [-0.2, 0) is 10.0 Å². The van der Waals surface area contributed by atoms with E-state index < -0.39 is 15.8 Å². The summed E-state index contributed by atoms with van der Waals surface area (Å²) >= 11 is 0. The highest BCUT2D eigenvalue weighted by Crippen LogP contribution is 2.48. The van der Waals surface area contributed by atoms with Gasteiger partial charge in [0.2, 0.25) is 10.0 Å². The van der Waals surface area contributed by atoms with Crippen LogP contribution in [0.3, 0.4) is 0 Å². The molecule has 0 heterocycles. The lowest BCUT2D eigenvalue weighted by Gasteiger charge is -2.21. The summed E-state index contributed by atoms with van der Waals surface area (Å²) in [5, 5.41) is 0. The lowest BCUT2D eigenvalue weighted by atomic mass is 9.89. The molecule has 0 saturated heterocycles. The van der Waals surface area contributed by atoms with Gasteiger partial charge in [-0.25, -0.2) is 17.5 Å². The minimum atomic E-state index is -3.70. The maximum atomic E-state index is 13.7. The van der Waals surface area contributed by atoms with Crippen molar-refractivity contribution in [3.8, 4) is 0 Å². The second-order valence-corrected chi connectivity index (χ2v) is 8.17. The van der Waals surface area contributed by atoms with Crippen molar-refractivity contribution in [2.24, 2.45) is 17.8 Å². The summed E-state index contributed by atoms with van der Waals surface area (Å²) in [6.45, 7) is 1.97. The summed E-state index contributed by atoms with van der Waals surface area (Å²) in [6, 6.07) is 2.36. The van der Waals surface area contributed by atoms with Gasteiger partial charge in [0.05, 0.1) is 4.90 Å². The van der Waals surface area contributed by atoms with E-state index >= 15 is 0 Å². The molecule has 1 aromatic carbocycles. The van der Waals surface area contributed by atoms with Crippen molar-refractivity contribution >= 4 is 15.7 Å². The van der Waals surface area contributed by atoms with Gasteiger partial charge in [0.15, 0.2) is 0 Å². The summed E-state index contributed by atoms with van der Waals surface area (Å²) in [5.41, 5.74) is 6.10. The van der Waals surface area contributed by atoms with Crippen molar-refractivity contribution in [2.45, 2.75) is 37.5 Å². The van der Waals surface area contributed by atoms with Crippen molar-refractivity contribution in [1.29, 1.82) is 0 Å². The lowest BCUT2D eigenvalue weighted by molar-refractivity contribution is 0.333. The standard InChI is InChI=1S/C15H21FN2O2S/c1-9-14(16)6-13(7-15(9)17)21(19,20)18-8-12-5-10-2-3-11(12)4-10/h6-7,10-12,18H,2-5,8,17H2,1H3. The van der Waals surface area contributed by atoms with E-state index in [0.29, 0.717) is 18.4 Å². The summed E-state index contributed by atoms with van der Waals surface area (Å²) in [5.74, 6) is 1.26. The molecule has 2 aliphatic rings. The average Bonchev–Trinajstić information content (AvgIpc) is 3.04. The Labute approximate surface area is 125 Å². The van der Waals surface area contributed by atoms with Gasteiger partial charge in [-0.1, -0.05) is 6.42 Å². The molecule has 0 amide bonds. The van der Waals surface area contributed by atoms with E-state index in [9.17, 15) is 12.8 Å². The lowest BCUT2D eigenvalue weighted by Crippen LogP contribution is -2.31. The highest BCUT2D eigenvalue weighted by Gasteiger charge is 2.39. The van der Waals surface area contributed by atoms with Crippen molar-refractivity contribution < 1.29 is 12.8 Å². The minimum Gasteiger partial charge on any atom is -0.398 e. The molecule has 0 aromatic heterocycles. The molecule has 2 aliphatic carbocycles. The number of sulfonamides is 1. The van der Waals surface area contributed by atoms with E-state index in [4.69, 9.17) is 5.73 Å². The van der Waals surface area contributed by atoms with Gasteiger partial charge in [-0.2, -0.15) is 0 Å². The van der Waals surface area contributed by atoms with Gasteiger partial charge in [-0.3, -0.25) is 0 Å². The van der Waals surface area contributed by atoms with E-state index in [1.165, 1.54) is 32.3 Å². The molecule has 3 rings (SSSR count). The molecule has 21 heavy (non-hydrogen) atoms. The number of nitrogens with two attached hydrogens (primary N) is 1. The third-order valence-corrected chi connectivity index (χ3v) is 6.49. The monoisotopic (exact) mass is 312 g/mol. The van der Waals surface area contributed by atoms with Crippen LogP contribution in [0.2, 0.25) is 0 Å². The van der Waals surface area contributed by atoms with Crippen LogP contribution in [-0.4, -0.2) is 15.0 Å². The fraction of sp³-hybridized carbons (Fsp3) is 0.600. The molecule has 116 valence electrons. The number of fused-ring (bicyclic) bond motifs is 2. The molecule has 0 aliphatic heterocycles. The zero-order chi connectivity index (χ0) is 15.2. The maximum absolute atomic E-state index is 13.7. The van der Waals surface area contributed by atoms with E-state index in [1.54, 1.807) is 0 Å². The first kappa shape index (κ1) is 14.8. The van der Waals surface area contributed by atoms with Crippen molar-refractivity contribution in [1.82, 2.24) is 4.72 Å². The molecular weight excluding hydrogens is 291 g/mol. The van der Waals surface area contributed by atoms with Gasteiger partial charge in [0.1, 0.15) is 5.82 Å². The first-order chi connectivity index (χ1) is 9.87. The normalized spacial score (nSPS) is 28.2. The van der Waals surface area contributed by atoms with E-state index in [2.05, 4.69) is 4.72 Å². The molecule has 0 radical (unpaired) electrons. The Bertz CT molecular complexity index is 637. The van der Waals surface area contributed by atoms with Crippen LogP contribution < -0.4 is 10.5 Å². The number of hydrogen-bond donors (Lipinski definition) is 2. The molecule has 2 saturated carbocycles. The summed E-state index contributed by atoms with van der Waals surface area (Å²) in [6.07, 6.45) is 4.84. The predicted octanol–water partition coefficient (Wildman–Crippen LogP) is 2.43. The van der Waals surface area contributed by atoms with Gasteiger partial charge in [-0.15, -0.1) is 0 Å². The number of halogens is 1. The molecule has 4 nitrogen and oxygen atoms in total. The molecule has 3 atom stereocenters.